The number of hydrogen-bond donors (Lipinski definition) is 2. The first kappa shape index (κ1) is 19.0. The average Bonchev–Trinajstić information content (AvgIpc) is 2.63. The monoisotopic (exact) mass is 339 g/mol. The number of anilines is 1. The maximum atomic E-state index is 12.8. The van der Waals surface area contributed by atoms with Gasteiger partial charge in [0.1, 0.15) is 11.8 Å². The van der Waals surface area contributed by atoms with Crippen molar-refractivity contribution in [3.8, 4) is 5.75 Å². The molecule has 2 aromatic carbocycles. The summed E-state index contributed by atoms with van der Waals surface area (Å²) in [6, 6.07) is 16.3. The van der Waals surface area contributed by atoms with Gasteiger partial charge in [-0.15, -0.1) is 0 Å². The number of para-hydroxylation sites is 1. The third-order valence-electron chi connectivity index (χ3n) is 4.39. The van der Waals surface area contributed by atoms with E-state index in [0.29, 0.717) is 6.42 Å². The molecule has 0 saturated carbocycles. The number of ketones is 1. The zero-order chi connectivity index (χ0) is 17.9. The lowest BCUT2D eigenvalue weighted by atomic mass is 9.97. The van der Waals surface area contributed by atoms with Crippen molar-refractivity contribution in [3.63, 3.8) is 0 Å². The minimum Gasteiger partial charge on any atom is -0.508 e. The third kappa shape index (κ3) is 6.61. The van der Waals surface area contributed by atoms with Crippen molar-refractivity contribution in [1.29, 1.82) is 0 Å². The minimum absolute atomic E-state index is 0.171. The number of rotatable bonds is 11. The molecule has 1 atom stereocenters. The number of nitrogens with one attached hydrogen (secondary N) is 1. The molecule has 0 aliphatic rings. The minimum atomic E-state index is -0.426. The largest absolute Gasteiger partial charge is 0.508 e. The Bertz CT molecular complexity index is 639. The molecule has 2 rings (SSSR count). The van der Waals surface area contributed by atoms with E-state index < -0.39 is 6.04 Å². The number of unbranched alkanes of at least 4 members (excludes halogenated alkanes) is 5. The summed E-state index contributed by atoms with van der Waals surface area (Å²) < 4.78 is 0. The number of carbonyl (C=O) groups excluding carboxylic acids is 1. The van der Waals surface area contributed by atoms with Crippen molar-refractivity contribution in [3.05, 3.63) is 60.2 Å². The summed E-state index contributed by atoms with van der Waals surface area (Å²) in [5.74, 6) is 0.356. The van der Waals surface area contributed by atoms with Gasteiger partial charge in [-0.25, -0.2) is 0 Å². The van der Waals surface area contributed by atoms with Crippen LogP contribution in [0.15, 0.2) is 54.6 Å². The number of phenolic OH excluding ortho intramolecular Hbond substituents is 1. The summed E-state index contributed by atoms with van der Waals surface area (Å²) in [6.07, 6.45) is 7.55. The van der Waals surface area contributed by atoms with Crippen LogP contribution in [0, 0.1) is 0 Å². The first-order valence-corrected chi connectivity index (χ1v) is 9.34. The molecule has 2 aromatic rings. The summed E-state index contributed by atoms with van der Waals surface area (Å²) in [7, 11) is 0. The van der Waals surface area contributed by atoms with Crippen molar-refractivity contribution in [2.75, 3.05) is 5.32 Å². The van der Waals surface area contributed by atoms with Crippen LogP contribution in [0.2, 0.25) is 0 Å². The normalized spacial score (nSPS) is 11.9. The van der Waals surface area contributed by atoms with Gasteiger partial charge in [-0.2, -0.15) is 0 Å². The lowest BCUT2D eigenvalue weighted by Crippen LogP contribution is -2.21. The highest BCUT2D eigenvalue weighted by atomic mass is 16.3. The van der Waals surface area contributed by atoms with E-state index in [1.807, 2.05) is 36.4 Å². The predicted molar refractivity (Wildman–Crippen MR) is 104 cm³/mol. The molecule has 0 radical (unpaired) electrons. The zero-order valence-corrected chi connectivity index (χ0v) is 15.1. The SMILES string of the molecule is CCCCCCCCC(=O)C(Nc1ccccc1)c1cccc(O)c1. The van der Waals surface area contributed by atoms with Crippen molar-refractivity contribution in [1.82, 2.24) is 0 Å². The molecule has 0 fully saturated rings. The fraction of sp³-hybridized carbons (Fsp3) is 0.409. The molecule has 0 bridgehead atoms. The van der Waals surface area contributed by atoms with Crippen LogP contribution in [0.1, 0.15) is 63.5 Å². The number of hydrogen-bond acceptors (Lipinski definition) is 3. The maximum absolute atomic E-state index is 12.8. The molecule has 134 valence electrons. The molecule has 0 amide bonds. The molecule has 0 aliphatic carbocycles. The van der Waals surface area contributed by atoms with Crippen LogP contribution < -0.4 is 5.32 Å². The molecule has 2 N–H and O–H groups in total. The van der Waals surface area contributed by atoms with Gasteiger partial charge >= 0.3 is 0 Å². The van der Waals surface area contributed by atoms with E-state index in [1.165, 1.54) is 25.7 Å². The molecule has 3 heteroatoms. The molecule has 3 nitrogen and oxygen atoms in total. The Morgan fingerprint density at radius 3 is 2.40 bits per heavy atom. The van der Waals surface area contributed by atoms with Crippen LogP contribution in [0.3, 0.4) is 0 Å². The van der Waals surface area contributed by atoms with Crippen LogP contribution >= 0.6 is 0 Å². The summed E-state index contributed by atoms with van der Waals surface area (Å²) in [5.41, 5.74) is 1.71. The molecule has 1 unspecified atom stereocenters. The van der Waals surface area contributed by atoms with Gasteiger partial charge in [0, 0.05) is 12.1 Å². The molecule has 0 aromatic heterocycles. The number of Topliss-reactive ketones (excluding diaryl/α,β-unsaturated/α-hetero) is 1. The number of carbonyl (C=O) groups is 1. The number of aromatic hydroxyl groups is 1. The summed E-state index contributed by atoms with van der Waals surface area (Å²) in [4.78, 5) is 12.8. The average molecular weight is 339 g/mol. The lowest BCUT2D eigenvalue weighted by molar-refractivity contribution is -0.120. The Balaban J connectivity index is 1.99. The van der Waals surface area contributed by atoms with Gasteiger partial charge in [0.15, 0.2) is 5.78 Å². The van der Waals surface area contributed by atoms with Gasteiger partial charge in [0.05, 0.1) is 0 Å². The Labute approximate surface area is 151 Å². The van der Waals surface area contributed by atoms with E-state index in [-0.39, 0.29) is 11.5 Å². The summed E-state index contributed by atoms with van der Waals surface area (Å²) in [5, 5.41) is 13.1. The molecule has 0 aliphatic heterocycles. The molecular formula is C22H29NO2. The molecular weight excluding hydrogens is 310 g/mol. The Hall–Kier alpha value is -2.29. The van der Waals surface area contributed by atoms with Gasteiger partial charge in [-0.1, -0.05) is 69.4 Å². The van der Waals surface area contributed by atoms with Crippen LogP contribution in [0.25, 0.3) is 0 Å². The van der Waals surface area contributed by atoms with Gasteiger partial charge < -0.3 is 10.4 Å². The Morgan fingerprint density at radius 2 is 1.68 bits per heavy atom. The fourth-order valence-electron chi connectivity index (χ4n) is 2.98. The quantitative estimate of drug-likeness (QED) is 0.504. The first-order chi connectivity index (χ1) is 12.2. The van der Waals surface area contributed by atoms with Crippen molar-refractivity contribution in [2.24, 2.45) is 0 Å². The molecule has 0 saturated heterocycles. The number of phenols is 1. The van der Waals surface area contributed by atoms with E-state index in [9.17, 15) is 9.90 Å². The van der Waals surface area contributed by atoms with Gasteiger partial charge in [-0.05, 0) is 36.2 Å². The van der Waals surface area contributed by atoms with E-state index in [2.05, 4.69) is 12.2 Å². The lowest BCUT2D eigenvalue weighted by Gasteiger charge is -2.19. The zero-order valence-electron chi connectivity index (χ0n) is 15.1. The fourth-order valence-corrected chi connectivity index (χ4v) is 2.98. The second-order valence-electron chi connectivity index (χ2n) is 6.52. The van der Waals surface area contributed by atoms with Crippen LogP contribution in [0.4, 0.5) is 5.69 Å². The standard InChI is InChI=1S/C22H29NO2/c1-2-3-4-5-6-10-16-21(25)22(18-12-11-15-20(24)17-18)23-19-13-8-7-9-14-19/h7-9,11-15,17,22-24H,2-6,10,16H2,1H3. The Kier molecular flexibility index (Phi) is 8.03. The van der Waals surface area contributed by atoms with Gasteiger partial charge in [0.2, 0.25) is 0 Å². The highest BCUT2D eigenvalue weighted by Gasteiger charge is 2.20. The van der Waals surface area contributed by atoms with Crippen LogP contribution in [0.5, 0.6) is 5.75 Å². The van der Waals surface area contributed by atoms with Crippen molar-refractivity contribution < 1.29 is 9.90 Å². The second-order valence-corrected chi connectivity index (χ2v) is 6.52. The predicted octanol–water partition coefficient (Wildman–Crippen LogP) is 5.87. The molecule has 0 heterocycles. The number of benzene rings is 2. The van der Waals surface area contributed by atoms with Gasteiger partial charge in [0.25, 0.3) is 0 Å². The van der Waals surface area contributed by atoms with Crippen LogP contribution in [-0.4, -0.2) is 10.9 Å². The topological polar surface area (TPSA) is 49.3 Å². The van der Waals surface area contributed by atoms with E-state index >= 15 is 0 Å². The van der Waals surface area contributed by atoms with Crippen molar-refractivity contribution >= 4 is 11.5 Å². The summed E-state index contributed by atoms with van der Waals surface area (Å²) in [6.45, 7) is 2.21. The molecule has 25 heavy (non-hydrogen) atoms. The van der Waals surface area contributed by atoms with E-state index in [4.69, 9.17) is 0 Å². The highest BCUT2D eigenvalue weighted by Crippen LogP contribution is 2.25. The van der Waals surface area contributed by atoms with Crippen LogP contribution in [-0.2, 0) is 4.79 Å². The van der Waals surface area contributed by atoms with Crippen molar-refractivity contribution in [2.45, 2.75) is 57.9 Å². The maximum Gasteiger partial charge on any atom is 0.159 e. The van der Waals surface area contributed by atoms with E-state index in [0.717, 1.165) is 24.1 Å². The van der Waals surface area contributed by atoms with Gasteiger partial charge in [-0.3, -0.25) is 4.79 Å². The second kappa shape index (κ2) is 10.5. The summed E-state index contributed by atoms with van der Waals surface area (Å²) >= 11 is 0. The van der Waals surface area contributed by atoms with E-state index in [1.54, 1.807) is 18.2 Å². The third-order valence-corrected chi connectivity index (χ3v) is 4.39. The highest BCUT2D eigenvalue weighted by molar-refractivity contribution is 5.88. The molecule has 0 spiro atoms. The Morgan fingerprint density at radius 1 is 0.960 bits per heavy atom. The smallest absolute Gasteiger partial charge is 0.159 e. The first-order valence-electron chi connectivity index (χ1n) is 9.34.